The Morgan fingerprint density at radius 1 is 1.38 bits per heavy atom. The molecule has 0 spiro atoms. The standard InChI is InChI=1S/C16H24ClN3O/c1-4-16(5-2)9-10-20(11-16)15(21)14-12(17)7-8-13(19-14)18-6-3/h7-8H,4-6,9-11H2,1-3H3,(H,18,19). The summed E-state index contributed by atoms with van der Waals surface area (Å²) in [5.41, 5.74) is 0.625. The van der Waals surface area contributed by atoms with Gasteiger partial charge < -0.3 is 10.2 Å². The second-order valence-electron chi connectivity index (χ2n) is 5.74. The van der Waals surface area contributed by atoms with Crippen molar-refractivity contribution in [2.75, 3.05) is 25.0 Å². The van der Waals surface area contributed by atoms with Crippen LogP contribution in [-0.2, 0) is 0 Å². The molecule has 0 unspecified atom stereocenters. The minimum atomic E-state index is -0.0523. The van der Waals surface area contributed by atoms with Crippen molar-refractivity contribution in [2.24, 2.45) is 5.41 Å². The highest BCUT2D eigenvalue weighted by Crippen LogP contribution is 2.37. The van der Waals surface area contributed by atoms with E-state index in [-0.39, 0.29) is 11.3 Å². The fourth-order valence-electron chi connectivity index (χ4n) is 2.96. The summed E-state index contributed by atoms with van der Waals surface area (Å²) in [5, 5.41) is 3.54. The second-order valence-corrected chi connectivity index (χ2v) is 6.15. The van der Waals surface area contributed by atoms with E-state index in [4.69, 9.17) is 11.6 Å². The SMILES string of the molecule is CCNc1ccc(Cl)c(C(=O)N2CCC(CC)(CC)C2)n1. The predicted octanol–water partition coefficient (Wildman–Crippen LogP) is 3.82. The lowest BCUT2D eigenvalue weighted by Gasteiger charge is -2.26. The van der Waals surface area contributed by atoms with Crippen LogP contribution < -0.4 is 5.32 Å². The lowest BCUT2D eigenvalue weighted by Crippen LogP contribution is -2.32. The number of halogens is 1. The van der Waals surface area contributed by atoms with E-state index in [2.05, 4.69) is 24.1 Å². The topological polar surface area (TPSA) is 45.2 Å². The second kappa shape index (κ2) is 6.65. The summed E-state index contributed by atoms with van der Waals surface area (Å²) in [7, 11) is 0. The summed E-state index contributed by atoms with van der Waals surface area (Å²) in [4.78, 5) is 19.0. The number of nitrogens with one attached hydrogen (secondary N) is 1. The van der Waals surface area contributed by atoms with Crippen LogP contribution in [-0.4, -0.2) is 35.4 Å². The minimum Gasteiger partial charge on any atom is -0.370 e. The Balaban J connectivity index is 2.19. The van der Waals surface area contributed by atoms with Crippen molar-refractivity contribution in [1.82, 2.24) is 9.88 Å². The maximum absolute atomic E-state index is 12.7. The number of likely N-dealkylation sites (tertiary alicyclic amines) is 1. The van der Waals surface area contributed by atoms with Gasteiger partial charge in [0.15, 0.2) is 0 Å². The van der Waals surface area contributed by atoms with Gasteiger partial charge in [0.05, 0.1) is 5.02 Å². The van der Waals surface area contributed by atoms with Crippen LogP contribution in [0.15, 0.2) is 12.1 Å². The third-order valence-electron chi connectivity index (χ3n) is 4.63. The molecule has 0 bridgehead atoms. The third-order valence-corrected chi connectivity index (χ3v) is 4.94. The number of aromatic nitrogens is 1. The molecule has 2 rings (SSSR count). The number of hydrogen-bond acceptors (Lipinski definition) is 3. The van der Waals surface area contributed by atoms with Gasteiger partial charge in [-0.25, -0.2) is 4.98 Å². The van der Waals surface area contributed by atoms with Gasteiger partial charge in [-0.05, 0) is 43.7 Å². The first-order valence-electron chi connectivity index (χ1n) is 7.75. The van der Waals surface area contributed by atoms with Gasteiger partial charge in [-0.3, -0.25) is 4.79 Å². The van der Waals surface area contributed by atoms with E-state index >= 15 is 0 Å². The van der Waals surface area contributed by atoms with Crippen LogP contribution in [0.2, 0.25) is 5.02 Å². The van der Waals surface area contributed by atoms with Crippen LogP contribution in [0.4, 0.5) is 5.82 Å². The molecule has 1 aliphatic heterocycles. The molecule has 1 amide bonds. The summed E-state index contributed by atoms with van der Waals surface area (Å²) in [5.74, 6) is 0.644. The van der Waals surface area contributed by atoms with Gasteiger partial charge in [0, 0.05) is 19.6 Å². The number of hydrogen-bond donors (Lipinski definition) is 1. The molecule has 1 aromatic heterocycles. The van der Waals surface area contributed by atoms with E-state index in [0.717, 1.165) is 38.9 Å². The van der Waals surface area contributed by atoms with Crippen molar-refractivity contribution in [1.29, 1.82) is 0 Å². The number of anilines is 1. The molecule has 0 saturated carbocycles. The summed E-state index contributed by atoms with van der Waals surface area (Å²) >= 11 is 6.17. The Morgan fingerprint density at radius 2 is 2.10 bits per heavy atom. The fourth-order valence-corrected chi connectivity index (χ4v) is 3.14. The maximum atomic E-state index is 12.7. The summed E-state index contributed by atoms with van der Waals surface area (Å²) in [6.07, 6.45) is 3.27. The highest BCUT2D eigenvalue weighted by molar-refractivity contribution is 6.33. The molecule has 5 heteroatoms. The predicted molar refractivity (Wildman–Crippen MR) is 86.9 cm³/mol. The Hall–Kier alpha value is -1.29. The molecule has 4 nitrogen and oxygen atoms in total. The molecule has 0 atom stereocenters. The zero-order valence-corrected chi connectivity index (χ0v) is 13.8. The molecule has 2 heterocycles. The minimum absolute atomic E-state index is 0.0523. The van der Waals surface area contributed by atoms with Crippen molar-refractivity contribution in [3.63, 3.8) is 0 Å². The Morgan fingerprint density at radius 3 is 2.67 bits per heavy atom. The molecule has 0 radical (unpaired) electrons. The van der Waals surface area contributed by atoms with E-state index in [1.54, 1.807) is 12.1 Å². The summed E-state index contributed by atoms with van der Waals surface area (Å²) in [6.45, 7) is 8.77. The van der Waals surface area contributed by atoms with Gasteiger partial charge in [-0.2, -0.15) is 0 Å². The Labute approximate surface area is 131 Å². The lowest BCUT2D eigenvalue weighted by atomic mass is 9.82. The van der Waals surface area contributed by atoms with Crippen LogP contribution in [0.3, 0.4) is 0 Å². The molecule has 1 fully saturated rings. The number of rotatable bonds is 5. The van der Waals surface area contributed by atoms with E-state index in [0.29, 0.717) is 16.5 Å². The van der Waals surface area contributed by atoms with E-state index in [1.807, 2.05) is 11.8 Å². The molecule has 116 valence electrons. The molecule has 0 aliphatic carbocycles. The average Bonchev–Trinajstić information content (AvgIpc) is 2.94. The molecule has 0 aromatic carbocycles. The monoisotopic (exact) mass is 309 g/mol. The van der Waals surface area contributed by atoms with Crippen LogP contribution >= 0.6 is 11.6 Å². The maximum Gasteiger partial charge on any atom is 0.274 e. The number of nitrogens with zero attached hydrogens (tertiary/aromatic N) is 2. The van der Waals surface area contributed by atoms with Crippen molar-refractivity contribution in [3.8, 4) is 0 Å². The van der Waals surface area contributed by atoms with Crippen molar-refractivity contribution < 1.29 is 4.79 Å². The van der Waals surface area contributed by atoms with Crippen molar-refractivity contribution >= 4 is 23.3 Å². The summed E-state index contributed by atoms with van der Waals surface area (Å²) < 4.78 is 0. The first-order chi connectivity index (χ1) is 10.0. The average molecular weight is 310 g/mol. The van der Waals surface area contributed by atoms with E-state index < -0.39 is 0 Å². The molecular weight excluding hydrogens is 286 g/mol. The van der Waals surface area contributed by atoms with Gasteiger partial charge in [0.1, 0.15) is 11.5 Å². The number of amides is 1. The van der Waals surface area contributed by atoms with Gasteiger partial charge in [-0.15, -0.1) is 0 Å². The van der Waals surface area contributed by atoms with Gasteiger partial charge in [0.25, 0.3) is 5.91 Å². The van der Waals surface area contributed by atoms with Gasteiger partial charge in [-0.1, -0.05) is 25.4 Å². The van der Waals surface area contributed by atoms with Crippen LogP contribution in [0.1, 0.15) is 50.5 Å². The van der Waals surface area contributed by atoms with E-state index in [9.17, 15) is 4.79 Å². The Kier molecular flexibility index (Phi) is 5.09. The number of carbonyl (C=O) groups excluding carboxylic acids is 1. The molecule has 1 N–H and O–H groups in total. The van der Waals surface area contributed by atoms with E-state index in [1.165, 1.54) is 0 Å². The van der Waals surface area contributed by atoms with Gasteiger partial charge in [0.2, 0.25) is 0 Å². The largest absolute Gasteiger partial charge is 0.370 e. The smallest absolute Gasteiger partial charge is 0.274 e. The number of pyridine rings is 1. The fraction of sp³-hybridized carbons (Fsp3) is 0.625. The molecular formula is C16H24ClN3O. The van der Waals surface area contributed by atoms with Crippen LogP contribution in [0, 0.1) is 5.41 Å². The number of carbonyl (C=O) groups is 1. The van der Waals surface area contributed by atoms with Crippen molar-refractivity contribution in [2.45, 2.75) is 40.0 Å². The molecule has 1 aromatic rings. The Bertz CT molecular complexity index is 514. The quantitative estimate of drug-likeness (QED) is 0.899. The third kappa shape index (κ3) is 3.31. The van der Waals surface area contributed by atoms with Gasteiger partial charge >= 0.3 is 0 Å². The highest BCUT2D eigenvalue weighted by atomic mass is 35.5. The molecule has 1 aliphatic rings. The zero-order chi connectivity index (χ0) is 15.5. The zero-order valence-electron chi connectivity index (χ0n) is 13.1. The molecule has 1 saturated heterocycles. The highest BCUT2D eigenvalue weighted by Gasteiger charge is 2.38. The molecule has 21 heavy (non-hydrogen) atoms. The van der Waals surface area contributed by atoms with Crippen LogP contribution in [0.25, 0.3) is 0 Å². The summed E-state index contributed by atoms with van der Waals surface area (Å²) in [6, 6.07) is 3.54. The lowest BCUT2D eigenvalue weighted by molar-refractivity contribution is 0.0764. The first kappa shape index (κ1) is 16.1. The van der Waals surface area contributed by atoms with Crippen LogP contribution in [0.5, 0.6) is 0 Å². The van der Waals surface area contributed by atoms with Crippen molar-refractivity contribution in [3.05, 3.63) is 22.8 Å². The first-order valence-corrected chi connectivity index (χ1v) is 8.12. The normalized spacial score (nSPS) is 17.0.